The zero-order chi connectivity index (χ0) is 10.1. The van der Waals surface area contributed by atoms with Crippen LogP contribution in [0.5, 0.6) is 11.5 Å². The van der Waals surface area contributed by atoms with Gasteiger partial charge in [-0.15, -0.1) is 0 Å². The van der Waals surface area contributed by atoms with Gasteiger partial charge in [0.15, 0.2) is 11.5 Å². The van der Waals surface area contributed by atoms with E-state index in [-0.39, 0.29) is 6.79 Å². The summed E-state index contributed by atoms with van der Waals surface area (Å²) in [6.45, 7) is 0.177. The van der Waals surface area contributed by atoms with Gasteiger partial charge in [0.05, 0.1) is 11.1 Å². The molecule has 2 rings (SSSR count). The first-order chi connectivity index (χ1) is 6.72. The van der Waals surface area contributed by atoms with Crippen LogP contribution < -0.4 is 15.2 Å². The van der Waals surface area contributed by atoms with E-state index in [1.54, 1.807) is 12.1 Å². The Kier molecular flexibility index (Phi) is 2.20. The number of hydrogen-bond donors (Lipinski definition) is 1. The molecule has 0 spiro atoms. The molecule has 0 radical (unpaired) electrons. The zero-order valence-corrected chi connectivity index (χ0v) is 7.91. The van der Waals surface area contributed by atoms with Crippen molar-refractivity contribution in [1.29, 1.82) is 5.26 Å². The maximum absolute atomic E-state index is 8.66. The van der Waals surface area contributed by atoms with Crippen molar-refractivity contribution in [2.24, 2.45) is 5.73 Å². The Balaban J connectivity index is 2.48. The van der Waals surface area contributed by atoms with Crippen molar-refractivity contribution in [2.45, 2.75) is 6.04 Å². The molecule has 0 saturated carbocycles. The van der Waals surface area contributed by atoms with E-state index in [1.807, 2.05) is 6.07 Å². The molecule has 1 aromatic carbocycles. The molecule has 0 aliphatic carbocycles. The van der Waals surface area contributed by atoms with Crippen LogP contribution in [0.4, 0.5) is 0 Å². The summed E-state index contributed by atoms with van der Waals surface area (Å²) in [5, 5.41) is 9.08. The standard InChI is InChI=1S/C9H7ClN2O2/c10-6-2-9-8(13-4-14-9)1-5(6)7(12)3-11/h1-2,7H,4,12H2/t7-/m0/s1. The highest BCUT2D eigenvalue weighted by atomic mass is 35.5. The van der Waals surface area contributed by atoms with Crippen molar-refractivity contribution in [2.75, 3.05) is 6.79 Å². The third-order valence-corrected chi connectivity index (χ3v) is 2.29. The molecule has 0 bridgehead atoms. The molecule has 1 aliphatic rings. The Morgan fingerprint density at radius 2 is 2.07 bits per heavy atom. The Labute approximate surface area is 85.8 Å². The number of nitrogens with two attached hydrogens (primary N) is 1. The van der Waals surface area contributed by atoms with Crippen LogP contribution >= 0.6 is 11.6 Å². The minimum atomic E-state index is -0.739. The van der Waals surface area contributed by atoms with Gasteiger partial charge in [0.25, 0.3) is 0 Å². The minimum Gasteiger partial charge on any atom is -0.454 e. The number of rotatable bonds is 1. The molecule has 4 nitrogen and oxygen atoms in total. The van der Waals surface area contributed by atoms with Gasteiger partial charge in [-0.25, -0.2) is 0 Å². The van der Waals surface area contributed by atoms with Gasteiger partial charge in [0.2, 0.25) is 6.79 Å². The lowest BCUT2D eigenvalue weighted by Crippen LogP contribution is -2.07. The average molecular weight is 211 g/mol. The summed E-state index contributed by atoms with van der Waals surface area (Å²) in [4.78, 5) is 0. The second-order valence-electron chi connectivity index (χ2n) is 2.83. The van der Waals surface area contributed by atoms with Crippen LogP contribution in [0.15, 0.2) is 12.1 Å². The van der Waals surface area contributed by atoms with Gasteiger partial charge >= 0.3 is 0 Å². The van der Waals surface area contributed by atoms with E-state index < -0.39 is 6.04 Å². The SMILES string of the molecule is N#C[C@H](N)c1cc2c(cc1Cl)OCO2. The molecule has 1 atom stereocenters. The monoisotopic (exact) mass is 210 g/mol. The fourth-order valence-corrected chi connectivity index (χ4v) is 1.51. The van der Waals surface area contributed by atoms with Gasteiger partial charge in [0.1, 0.15) is 6.04 Å². The zero-order valence-electron chi connectivity index (χ0n) is 7.16. The number of hydrogen-bond acceptors (Lipinski definition) is 4. The maximum Gasteiger partial charge on any atom is 0.231 e. The second-order valence-corrected chi connectivity index (χ2v) is 3.24. The molecule has 72 valence electrons. The second kappa shape index (κ2) is 3.37. The highest BCUT2D eigenvalue weighted by Gasteiger charge is 2.19. The van der Waals surface area contributed by atoms with E-state index in [0.717, 1.165) is 0 Å². The Morgan fingerprint density at radius 3 is 2.71 bits per heavy atom. The predicted octanol–water partition coefficient (Wildman–Crippen LogP) is 1.59. The van der Waals surface area contributed by atoms with Crippen molar-refractivity contribution in [3.63, 3.8) is 0 Å². The van der Waals surface area contributed by atoms with E-state index in [1.165, 1.54) is 0 Å². The molecule has 14 heavy (non-hydrogen) atoms. The lowest BCUT2D eigenvalue weighted by atomic mass is 10.1. The molecule has 1 heterocycles. The molecule has 0 fully saturated rings. The molecular formula is C9H7ClN2O2. The maximum atomic E-state index is 8.66. The molecular weight excluding hydrogens is 204 g/mol. The first-order valence-corrected chi connectivity index (χ1v) is 4.34. The van der Waals surface area contributed by atoms with Gasteiger partial charge in [-0.2, -0.15) is 5.26 Å². The number of nitriles is 1. The van der Waals surface area contributed by atoms with Crippen molar-refractivity contribution < 1.29 is 9.47 Å². The summed E-state index contributed by atoms with van der Waals surface area (Å²) in [7, 11) is 0. The molecule has 1 aromatic rings. The first-order valence-electron chi connectivity index (χ1n) is 3.96. The van der Waals surface area contributed by atoms with Gasteiger partial charge in [-0.3, -0.25) is 0 Å². The molecule has 1 aliphatic heterocycles. The fourth-order valence-electron chi connectivity index (χ4n) is 1.24. The smallest absolute Gasteiger partial charge is 0.231 e. The van der Waals surface area contributed by atoms with Gasteiger partial charge in [0, 0.05) is 11.6 Å². The van der Waals surface area contributed by atoms with Crippen LogP contribution in [0.1, 0.15) is 11.6 Å². The van der Waals surface area contributed by atoms with Crippen molar-refractivity contribution in [3.05, 3.63) is 22.7 Å². The van der Waals surface area contributed by atoms with Gasteiger partial charge in [-0.05, 0) is 6.07 Å². The summed E-state index contributed by atoms with van der Waals surface area (Å²) in [5.41, 5.74) is 6.10. The van der Waals surface area contributed by atoms with E-state index in [2.05, 4.69) is 0 Å². The molecule has 0 amide bonds. The van der Waals surface area contributed by atoms with E-state index in [9.17, 15) is 0 Å². The largest absolute Gasteiger partial charge is 0.454 e. The van der Waals surface area contributed by atoms with Gasteiger partial charge < -0.3 is 15.2 Å². The van der Waals surface area contributed by atoms with Crippen LogP contribution in [-0.2, 0) is 0 Å². The summed E-state index contributed by atoms with van der Waals surface area (Å²) < 4.78 is 10.3. The van der Waals surface area contributed by atoms with Crippen LogP contribution in [0, 0.1) is 11.3 Å². The minimum absolute atomic E-state index is 0.177. The molecule has 0 aromatic heterocycles. The molecule has 5 heteroatoms. The van der Waals surface area contributed by atoms with E-state index in [4.69, 9.17) is 32.1 Å². The summed E-state index contributed by atoms with van der Waals surface area (Å²) >= 11 is 5.91. The highest BCUT2D eigenvalue weighted by Crippen LogP contribution is 2.38. The van der Waals surface area contributed by atoms with Crippen molar-refractivity contribution in [3.8, 4) is 17.6 Å². The average Bonchev–Trinajstić information content (AvgIpc) is 2.62. The quantitative estimate of drug-likeness (QED) is 0.764. The fraction of sp³-hybridized carbons (Fsp3) is 0.222. The topological polar surface area (TPSA) is 68.3 Å². The summed E-state index contributed by atoms with van der Waals surface area (Å²) in [6.07, 6.45) is 0. The van der Waals surface area contributed by atoms with Crippen LogP contribution in [0.2, 0.25) is 5.02 Å². The van der Waals surface area contributed by atoms with Crippen LogP contribution in [0.3, 0.4) is 0 Å². The number of nitrogens with zero attached hydrogens (tertiary/aromatic N) is 1. The van der Waals surface area contributed by atoms with Gasteiger partial charge in [-0.1, -0.05) is 11.6 Å². The normalized spacial score (nSPS) is 14.9. The molecule has 2 N–H and O–H groups in total. The number of benzene rings is 1. The summed E-state index contributed by atoms with van der Waals surface area (Å²) in [6, 6.07) is 4.42. The summed E-state index contributed by atoms with van der Waals surface area (Å²) in [5.74, 6) is 1.17. The van der Waals surface area contributed by atoms with Crippen LogP contribution in [0.25, 0.3) is 0 Å². The number of fused-ring (bicyclic) bond motifs is 1. The predicted molar refractivity (Wildman–Crippen MR) is 50.1 cm³/mol. The highest BCUT2D eigenvalue weighted by molar-refractivity contribution is 6.31. The molecule has 0 unspecified atom stereocenters. The Hall–Kier alpha value is -1.44. The third kappa shape index (κ3) is 1.37. The number of ether oxygens (including phenoxy) is 2. The number of halogens is 1. The Bertz CT molecular complexity index is 414. The van der Waals surface area contributed by atoms with E-state index in [0.29, 0.717) is 22.1 Å². The van der Waals surface area contributed by atoms with Crippen molar-refractivity contribution in [1.82, 2.24) is 0 Å². The lowest BCUT2D eigenvalue weighted by molar-refractivity contribution is 0.174. The van der Waals surface area contributed by atoms with Crippen LogP contribution in [-0.4, -0.2) is 6.79 Å². The molecule has 0 saturated heterocycles. The van der Waals surface area contributed by atoms with E-state index >= 15 is 0 Å². The Morgan fingerprint density at radius 1 is 1.43 bits per heavy atom. The third-order valence-electron chi connectivity index (χ3n) is 1.97. The lowest BCUT2D eigenvalue weighted by Gasteiger charge is -2.06. The first kappa shape index (κ1) is 9.13. The van der Waals surface area contributed by atoms with Crippen molar-refractivity contribution >= 4 is 11.6 Å².